The Morgan fingerprint density at radius 3 is 2.54 bits per heavy atom. The number of hydrogen-bond donors (Lipinski definition) is 2. The monoisotopic (exact) mass is 499 g/mol. The molecular weight excluding hydrogens is 481 g/mol. The summed E-state index contributed by atoms with van der Waals surface area (Å²) in [7, 11) is 0. The fourth-order valence-electron chi connectivity index (χ4n) is 3.66. The molecule has 0 aliphatic rings. The van der Waals surface area contributed by atoms with E-state index in [0.717, 1.165) is 16.5 Å². The Hall–Kier alpha value is -4.00. The lowest BCUT2D eigenvalue weighted by molar-refractivity contribution is 0.0951. The zero-order valence-corrected chi connectivity index (χ0v) is 19.9. The highest BCUT2D eigenvalue weighted by Gasteiger charge is 2.15. The van der Waals surface area contributed by atoms with E-state index in [9.17, 15) is 4.79 Å². The second-order valence-corrected chi connectivity index (χ2v) is 8.66. The Morgan fingerprint density at radius 1 is 0.857 bits per heavy atom. The summed E-state index contributed by atoms with van der Waals surface area (Å²) in [6, 6.07) is 23.8. The average molecular weight is 500 g/mol. The number of aromatic nitrogens is 3. The topological polar surface area (TPSA) is 79.8 Å². The molecule has 35 heavy (non-hydrogen) atoms. The number of fused-ring (bicyclic) bond motifs is 1. The molecule has 0 spiro atoms. The van der Waals surface area contributed by atoms with Crippen molar-refractivity contribution < 1.29 is 4.79 Å². The first kappa shape index (κ1) is 22.8. The molecule has 0 atom stereocenters. The van der Waals surface area contributed by atoms with E-state index in [4.69, 9.17) is 28.2 Å². The van der Waals surface area contributed by atoms with E-state index >= 15 is 0 Å². The van der Waals surface area contributed by atoms with Crippen LogP contribution in [-0.4, -0.2) is 20.9 Å². The van der Waals surface area contributed by atoms with Crippen molar-refractivity contribution in [3.63, 3.8) is 0 Å². The summed E-state index contributed by atoms with van der Waals surface area (Å²) >= 11 is 12.3. The zero-order valence-electron chi connectivity index (χ0n) is 18.4. The van der Waals surface area contributed by atoms with Gasteiger partial charge in [0.2, 0.25) is 0 Å². The SMILES string of the molecule is O=C(NCc1cccc(Cl)c1)c1ccccc1Nc1nc(-c2cccnc2)nc2cc(Cl)ccc12. The molecule has 2 aromatic heterocycles. The van der Waals surface area contributed by atoms with Crippen LogP contribution in [0.25, 0.3) is 22.3 Å². The first-order valence-electron chi connectivity index (χ1n) is 10.8. The highest BCUT2D eigenvalue weighted by atomic mass is 35.5. The number of pyridine rings is 1. The predicted octanol–water partition coefficient (Wildman–Crippen LogP) is 6.67. The zero-order chi connectivity index (χ0) is 24.2. The van der Waals surface area contributed by atoms with Crippen LogP contribution in [0, 0.1) is 0 Å². The van der Waals surface area contributed by atoms with E-state index in [1.54, 1.807) is 36.7 Å². The molecule has 5 rings (SSSR count). The van der Waals surface area contributed by atoms with Gasteiger partial charge in [0.15, 0.2) is 5.82 Å². The quantitative estimate of drug-likeness (QED) is 0.272. The van der Waals surface area contributed by atoms with Gasteiger partial charge in [-0.05, 0) is 60.2 Å². The average Bonchev–Trinajstić information content (AvgIpc) is 2.88. The van der Waals surface area contributed by atoms with Crippen LogP contribution in [0.2, 0.25) is 10.0 Å². The van der Waals surface area contributed by atoms with Crippen molar-refractivity contribution in [3.8, 4) is 11.4 Å². The molecule has 0 aliphatic carbocycles. The highest BCUT2D eigenvalue weighted by molar-refractivity contribution is 6.31. The summed E-state index contributed by atoms with van der Waals surface area (Å²) in [4.78, 5) is 26.7. The van der Waals surface area contributed by atoms with E-state index in [1.807, 2.05) is 54.6 Å². The van der Waals surface area contributed by atoms with Gasteiger partial charge in [0.1, 0.15) is 5.82 Å². The van der Waals surface area contributed by atoms with Crippen molar-refractivity contribution in [2.24, 2.45) is 0 Å². The number of carbonyl (C=O) groups excluding carboxylic acids is 1. The van der Waals surface area contributed by atoms with Crippen LogP contribution in [0.3, 0.4) is 0 Å². The van der Waals surface area contributed by atoms with Gasteiger partial charge in [-0.3, -0.25) is 9.78 Å². The van der Waals surface area contributed by atoms with Gasteiger partial charge in [-0.1, -0.05) is 47.5 Å². The number of nitrogens with zero attached hydrogens (tertiary/aromatic N) is 3. The maximum Gasteiger partial charge on any atom is 0.253 e. The van der Waals surface area contributed by atoms with Crippen molar-refractivity contribution in [3.05, 3.63) is 112 Å². The number of hydrogen-bond acceptors (Lipinski definition) is 5. The minimum Gasteiger partial charge on any atom is -0.348 e. The number of amides is 1. The third-order valence-corrected chi connectivity index (χ3v) is 5.82. The summed E-state index contributed by atoms with van der Waals surface area (Å²) in [6.07, 6.45) is 3.39. The van der Waals surface area contributed by atoms with Crippen molar-refractivity contribution in [2.45, 2.75) is 6.54 Å². The molecule has 0 saturated carbocycles. The molecule has 2 heterocycles. The summed E-state index contributed by atoms with van der Waals surface area (Å²) in [6.45, 7) is 0.355. The van der Waals surface area contributed by atoms with Gasteiger partial charge in [0.05, 0.1) is 16.8 Å². The van der Waals surface area contributed by atoms with E-state index in [2.05, 4.69) is 20.6 Å². The van der Waals surface area contributed by atoms with Crippen LogP contribution in [0.4, 0.5) is 11.5 Å². The summed E-state index contributed by atoms with van der Waals surface area (Å²) < 4.78 is 0. The number of benzene rings is 3. The molecule has 0 bridgehead atoms. The van der Waals surface area contributed by atoms with Crippen molar-refractivity contribution in [1.29, 1.82) is 0 Å². The Morgan fingerprint density at radius 2 is 1.71 bits per heavy atom. The Balaban J connectivity index is 1.49. The molecule has 0 unspecified atom stereocenters. The van der Waals surface area contributed by atoms with Gasteiger partial charge >= 0.3 is 0 Å². The molecule has 5 aromatic rings. The van der Waals surface area contributed by atoms with Gasteiger partial charge in [0, 0.05) is 39.9 Å². The lowest BCUT2D eigenvalue weighted by Gasteiger charge is -2.14. The third-order valence-electron chi connectivity index (χ3n) is 5.35. The first-order chi connectivity index (χ1) is 17.1. The molecule has 8 heteroatoms. The molecule has 6 nitrogen and oxygen atoms in total. The molecule has 0 fully saturated rings. The maximum absolute atomic E-state index is 13.1. The Bertz CT molecular complexity index is 1530. The Kier molecular flexibility index (Phi) is 6.57. The molecule has 2 N–H and O–H groups in total. The summed E-state index contributed by atoms with van der Waals surface area (Å²) in [5.41, 5.74) is 3.46. The van der Waals surface area contributed by atoms with Gasteiger partial charge in [-0.2, -0.15) is 0 Å². The first-order valence-corrected chi connectivity index (χ1v) is 11.6. The molecule has 3 aromatic carbocycles. The number of nitrogens with one attached hydrogen (secondary N) is 2. The summed E-state index contributed by atoms with van der Waals surface area (Å²) in [5.74, 6) is 0.834. The highest BCUT2D eigenvalue weighted by Crippen LogP contribution is 2.30. The second kappa shape index (κ2) is 10.1. The summed E-state index contributed by atoms with van der Waals surface area (Å²) in [5, 5.41) is 8.26. The predicted molar refractivity (Wildman–Crippen MR) is 140 cm³/mol. The van der Waals surface area contributed by atoms with Crippen LogP contribution in [-0.2, 0) is 6.54 Å². The Labute approximate surface area is 212 Å². The second-order valence-electron chi connectivity index (χ2n) is 7.78. The lowest BCUT2D eigenvalue weighted by atomic mass is 10.1. The minimum atomic E-state index is -0.220. The number of rotatable bonds is 6. The molecule has 1 amide bonds. The molecule has 0 saturated heterocycles. The van der Waals surface area contributed by atoms with E-state index in [-0.39, 0.29) is 5.91 Å². The molecule has 172 valence electrons. The molecule has 0 aliphatic heterocycles. The number of carbonyl (C=O) groups is 1. The van der Waals surface area contributed by atoms with Crippen LogP contribution < -0.4 is 10.6 Å². The van der Waals surface area contributed by atoms with Crippen LogP contribution in [0.5, 0.6) is 0 Å². The van der Waals surface area contributed by atoms with Gasteiger partial charge in [-0.15, -0.1) is 0 Å². The van der Waals surface area contributed by atoms with Crippen LogP contribution in [0.15, 0.2) is 91.3 Å². The van der Waals surface area contributed by atoms with Crippen molar-refractivity contribution >= 4 is 51.5 Å². The van der Waals surface area contributed by atoms with E-state index in [0.29, 0.717) is 45.0 Å². The number of anilines is 2. The van der Waals surface area contributed by atoms with E-state index in [1.165, 1.54) is 0 Å². The minimum absolute atomic E-state index is 0.220. The molecular formula is C27H19Cl2N5O. The van der Waals surface area contributed by atoms with Crippen molar-refractivity contribution in [2.75, 3.05) is 5.32 Å². The maximum atomic E-state index is 13.1. The van der Waals surface area contributed by atoms with Gasteiger partial charge in [-0.25, -0.2) is 9.97 Å². The lowest BCUT2D eigenvalue weighted by Crippen LogP contribution is -2.23. The largest absolute Gasteiger partial charge is 0.348 e. The normalized spacial score (nSPS) is 10.8. The number of para-hydroxylation sites is 1. The third kappa shape index (κ3) is 5.24. The van der Waals surface area contributed by atoms with Gasteiger partial charge < -0.3 is 10.6 Å². The van der Waals surface area contributed by atoms with E-state index < -0.39 is 0 Å². The number of halogens is 2. The van der Waals surface area contributed by atoms with Crippen molar-refractivity contribution in [1.82, 2.24) is 20.3 Å². The van der Waals surface area contributed by atoms with Crippen LogP contribution in [0.1, 0.15) is 15.9 Å². The van der Waals surface area contributed by atoms with Gasteiger partial charge in [0.25, 0.3) is 5.91 Å². The van der Waals surface area contributed by atoms with Crippen LogP contribution >= 0.6 is 23.2 Å². The fraction of sp³-hybridized carbons (Fsp3) is 0.0370. The fourth-order valence-corrected chi connectivity index (χ4v) is 4.04. The molecule has 0 radical (unpaired) electrons. The smallest absolute Gasteiger partial charge is 0.253 e. The standard InChI is InChI=1S/C27H19Cl2N5O/c28-19-7-3-5-17(13-19)15-31-27(35)22-8-1-2-9-23(22)32-26-21-11-10-20(29)14-24(21)33-25(34-26)18-6-4-12-30-16-18/h1-14,16H,15H2,(H,31,35)(H,32,33,34).